The average Bonchev–Trinajstić information content (AvgIpc) is 3.56. The molecule has 1 unspecified atom stereocenters. The highest BCUT2D eigenvalue weighted by molar-refractivity contribution is 7.08. The van der Waals surface area contributed by atoms with Gasteiger partial charge in [0.1, 0.15) is 11.5 Å². The summed E-state index contributed by atoms with van der Waals surface area (Å²) in [5.41, 5.74) is 4.09. The van der Waals surface area contributed by atoms with Crippen molar-refractivity contribution in [1.29, 1.82) is 0 Å². The minimum Gasteiger partial charge on any atom is -0.599 e. The molecule has 0 amide bonds. The summed E-state index contributed by atoms with van der Waals surface area (Å²) in [4.78, 5) is 11.3. The van der Waals surface area contributed by atoms with Crippen molar-refractivity contribution in [2.24, 2.45) is 10.2 Å². The Kier molecular flexibility index (Phi) is 6.68. The van der Waals surface area contributed by atoms with Crippen molar-refractivity contribution in [2.75, 3.05) is 12.0 Å². The quantitative estimate of drug-likeness (QED) is 0.109. The van der Waals surface area contributed by atoms with Crippen LogP contribution in [0.3, 0.4) is 0 Å². The maximum Gasteiger partial charge on any atom is 0.416 e. The van der Waals surface area contributed by atoms with Gasteiger partial charge in [0, 0.05) is 28.6 Å². The van der Waals surface area contributed by atoms with Crippen molar-refractivity contribution in [3.05, 3.63) is 105 Å². The Balaban J connectivity index is 1.47. The van der Waals surface area contributed by atoms with Crippen molar-refractivity contribution >= 4 is 40.1 Å². The Labute approximate surface area is 223 Å². The molecule has 3 N–H and O–H groups in total. The molecule has 1 aromatic heterocycles. The largest absolute Gasteiger partial charge is 0.599 e. The number of rotatable bonds is 6. The molecule has 2 heterocycles. The lowest BCUT2D eigenvalue weighted by atomic mass is 10.0. The summed E-state index contributed by atoms with van der Waals surface area (Å²) in [5, 5.41) is 46.0. The molecular formula is C27H19F3N4O4S. The monoisotopic (exact) mass is 552 g/mol. The second-order valence-electron chi connectivity index (χ2n) is 8.62. The number of halogens is 3. The number of carboxylic acids is 1. The van der Waals surface area contributed by atoms with Crippen LogP contribution in [-0.2, 0) is 6.18 Å². The fourth-order valence-corrected chi connectivity index (χ4v) is 4.73. The van der Waals surface area contributed by atoms with E-state index < -0.39 is 22.5 Å². The Morgan fingerprint density at radius 1 is 1.05 bits per heavy atom. The van der Waals surface area contributed by atoms with Crippen LogP contribution in [0.25, 0.3) is 11.1 Å². The Bertz CT molecular complexity index is 1600. The number of aromatic carboxylic acids is 1. The van der Waals surface area contributed by atoms with Crippen LogP contribution < -0.4 is 10.2 Å². The molecule has 1 aliphatic heterocycles. The van der Waals surface area contributed by atoms with Crippen LogP contribution in [0, 0.1) is 5.21 Å². The lowest BCUT2D eigenvalue weighted by molar-refractivity contribution is -0.137. The van der Waals surface area contributed by atoms with E-state index in [4.69, 9.17) is 0 Å². The molecule has 198 valence electrons. The number of para-hydroxylation sites is 1. The number of benzene rings is 3. The van der Waals surface area contributed by atoms with Crippen LogP contribution in [0.2, 0.25) is 0 Å². The minimum absolute atomic E-state index is 0.00378. The number of carboxylic acid groups (broad SMARTS) is 1. The molecule has 0 bridgehead atoms. The SMILES string of the molecule is O=C(O)c1cccc(-c2cccc(NN=C3C[N+]([O-])(c4ccc(C(F)(F)F)cc4)N=C3c3ccsc3)c2O)c1. The van der Waals surface area contributed by atoms with Crippen molar-refractivity contribution in [3.8, 4) is 16.9 Å². The van der Waals surface area contributed by atoms with E-state index in [1.54, 1.807) is 47.2 Å². The number of hydrogen-bond donors (Lipinski definition) is 3. The molecule has 0 spiro atoms. The number of phenols is 1. The number of hydroxylamine groups is 1. The van der Waals surface area contributed by atoms with E-state index in [0.717, 1.165) is 24.3 Å². The van der Waals surface area contributed by atoms with Crippen LogP contribution in [0.4, 0.5) is 24.5 Å². The van der Waals surface area contributed by atoms with E-state index in [-0.39, 0.29) is 40.7 Å². The van der Waals surface area contributed by atoms with Crippen LogP contribution in [0.5, 0.6) is 5.75 Å². The van der Waals surface area contributed by atoms with E-state index in [1.165, 1.54) is 23.5 Å². The summed E-state index contributed by atoms with van der Waals surface area (Å²) in [5.74, 6) is -1.30. The molecule has 1 atom stereocenters. The van der Waals surface area contributed by atoms with Gasteiger partial charge in [-0.15, -0.1) is 0 Å². The van der Waals surface area contributed by atoms with Gasteiger partial charge in [0.15, 0.2) is 17.9 Å². The molecule has 1 aliphatic rings. The molecule has 0 saturated heterocycles. The number of anilines is 1. The molecule has 0 radical (unpaired) electrons. The van der Waals surface area contributed by atoms with Gasteiger partial charge in [0.25, 0.3) is 0 Å². The second kappa shape index (κ2) is 9.98. The molecule has 3 aromatic carbocycles. The van der Waals surface area contributed by atoms with Gasteiger partial charge in [-0.25, -0.2) is 4.79 Å². The number of nitrogens with zero attached hydrogens (tertiary/aromatic N) is 3. The van der Waals surface area contributed by atoms with Crippen molar-refractivity contribution in [2.45, 2.75) is 6.18 Å². The predicted octanol–water partition coefficient (Wildman–Crippen LogP) is 6.53. The van der Waals surface area contributed by atoms with Gasteiger partial charge in [-0.1, -0.05) is 29.4 Å². The summed E-state index contributed by atoms with van der Waals surface area (Å²) in [7, 11) is 0. The Morgan fingerprint density at radius 2 is 1.79 bits per heavy atom. The number of carbonyl (C=O) groups is 1. The van der Waals surface area contributed by atoms with E-state index in [2.05, 4.69) is 15.6 Å². The first kappa shape index (κ1) is 26.1. The van der Waals surface area contributed by atoms with Crippen molar-refractivity contribution in [3.63, 3.8) is 0 Å². The maximum atomic E-state index is 13.7. The highest BCUT2D eigenvalue weighted by Crippen LogP contribution is 2.37. The molecule has 4 aromatic rings. The summed E-state index contributed by atoms with van der Waals surface area (Å²) in [6, 6.07) is 16.5. The number of alkyl halides is 3. The van der Waals surface area contributed by atoms with E-state index >= 15 is 0 Å². The van der Waals surface area contributed by atoms with Gasteiger partial charge >= 0.3 is 12.1 Å². The van der Waals surface area contributed by atoms with Crippen LogP contribution in [0.1, 0.15) is 21.5 Å². The third-order valence-electron chi connectivity index (χ3n) is 6.06. The standard InChI is InChI=1S/C27H19F3N4O4S/c28-27(29,30)19-7-9-20(10-8-19)34(38)14-23(24(33-34)18-11-12-39-15-18)32-31-22-6-2-5-21(25(22)35)16-3-1-4-17(13-16)26(36)37/h1-13,15,31,35H,14H2,(H,36,37). The Morgan fingerprint density at radius 3 is 2.46 bits per heavy atom. The molecule has 12 heteroatoms. The number of hydrazone groups is 1. The highest BCUT2D eigenvalue weighted by Gasteiger charge is 2.37. The van der Waals surface area contributed by atoms with Gasteiger partial charge in [0.2, 0.25) is 0 Å². The number of thiophene rings is 1. The Hall–Kier alpha value is -4.52. The predicted molar refractivity (Wildman–Crippen MR) is 144 cm³/mol. The topological polar surface area (TPSA) is 117 Å². The van der Waals surface area contributed by atoms with E-state index in [1.807, 2.05) is 0 Å². The van der Waals surface area contributed by atoms with E-state index in [9.17, 15) is 33.4 Å². The zero-order chi connectivity index (χ0) is 27.8. The van der Waals surface area contributed by atoms with Crippen LogP contribution in [0.15, 0.2) is 93.8 Å². The lowest BCUT2D eigenvalue weighted by Gasteiger charge is -2.31. The summed E-state index contributed by atoms with van der Waals surface area (Å²) in [6.45, 7) is -0.301. The van der Waals surface area contributed by atoms with Gasteiger partial charge < -0.3 is 15.4 Å². The molecule has 8 nitrogen and oxygen atoms in total. The van der Waals surface area contributed by atoms with Gasteiger partial charge in [-0.3, -0.25) is 5.43 Å². The molecule has 0 fully saturated rings. The molecule has 5 rings (SSSR count). The third kappa shape index (κ3) is 5.25. The van der Waals surface area contributed by atoms with Crippen molar-refractivity contribution < 1.29 is 28.2 Å². The average molecular weight is 553 g/mol. The first-order valence-electron chi connectivity index (χ1n) is 11.4. The number of quaternary nitrogens is 1. The van der Waals surface area contributed by atoms with Crippen LogP contribution >= 0.6 is 11.3 Å². The fourth-order valence-electron chi connectivity index (χ4n) is 4.09. The summed E-state index contributed by atoms with van der Waals surface area (Å²) < 4.78 is 37.7. The van der Waals surface area contributed by atoms with Crippen molar-refractivity contribution in [1.82, 2.24) is 4.76 Å². The highest BCUT2D eigenvalue weighted by atomic mass is 32.1. The molecule has 39 heavy (non-hydrogen) atoms. The maximum absolute atomic E-state index is 13.7. The minimum atomic E-state index is -4.54. The molecule has 0 aliphatic carbocycles. The number of aromatic hydroxyl groups is 1. The first-order chi connectivity index (χ1) is 18.5. The second-order valence-corrected chi connectivity index (χ2v) is 9.40. The number of hydrogen-bond acceptors (Lipinski definition) is 7. The van der Waals surface area contributed by atoms with Crippen LogP contribution in [-0.4, -0.2) is 34.2 Å². The normalized spacial score (nSPS) is 18.3. The summed E-state index contributed by atoms with van der Waals surface area (Å²) in [6.07, 6.45) is -4.54. The lowest BCUT2D eigenvalue weighted by Crippen LogP contribution is -2.37. The van der Waals surface area contributed by atoms with Gasteiger partial charge in [-0.2, -0.15) is 34.4 Å². The zero-order valence-electron chi connectivity index (χ0n) is 19.9. The summed E-state index contributed by atoms with van der Waals surface area (Å²) >= 11 is 1.38. The number of nitrogens with one attached hydrogen (secondary N) is 1. The molecular weight excluding hydrogens is 533 g/mol. The zero-order valence-corrected chi connectivity index (χ0v) is 20.7. The first-order valence-corrected chi connectivity index (χ1v) is 12.4. The van der Waals surface area contributed by atoms with E-state index in [0.29, 0.717) is 16.7 Å². The van der Waals surface area contributed by atoms with Gasteiger partial charge in [-0.05, 0) is 47.3 Å². The number of phenolic OH excluding ortho intramolecular Hbond substituents is 1. The van der Waals surface area contributed by atoms with Gasteiger partial charge in [0.05, 0.1) is 16.8 Å². The third-order valence-corrected chi connectivity index (χ3v) is 6.74. The fraction of sp³-hybridized carbons (Fsp3) is 0.0741. The smallest absolute Gasteiger partial charge is 0.416 e. The molecule has 0 saturated carbocycles.